The van der Waals surface area contributed by atoms with Crippen LogP contribution in [0.25, 0.3) is 0 Å². The van der Waals surface area contributed by atoms with E-state index in [1.165, 1.54) is 14.2 Å². The van der Waals surface area contributed by atoms with E-state index in [0.717, 1.165) is 42.4 Å². The molecule has 0 radical (unpaired) electrons. The molecule has 9 nitrogen and oxygen atoms in total. The molecule has 9 heteroatoms. The van der Waals surface area contributed by atoms with Crippen LogP contribution < -0.4 is 9.47 Å². The number of hydrogen-bond acceptors (Lipinski definition) is 9. The average Bonchev–Trinajstić information content (AvgIpc) is 2.96. The lowest BCUT2D eigenvalue weighted by Crippen LogP contribution is -1.95. The Morgan fingerprint density at radius 3 is 1.56 bits per heavy atom. The van der Waals surface area contributed by atoms with Gasteiger partial charge in [0.2, 0.25) is 0 Å². The van der Waals surface area contributed by atoms with Gasteiger partial charge in [-0.05, 0) is 91.6 Å². The number of aryl methyl sites for hydroxylation is 3. The van der Waals surface area contributed by atoms with Crippen molar-refractivity contribution in [3.63, 3.8) is 0 Å². The fourth-order valence-corrected chi connectivity index (χ4v) is 3.54. The molecule has 0 fully saturated rings. The highest BCUT2D eigenvalue weighted by atomic mass is 16.5. The number of aromatic hydroxyl groups is 3. The molecule has 0 heterocycles. The molecule has 39 heavy (non-hydrogen) atoms. The van der Waals surface area contributed by atoms with E-state index in [1.54, 1.807) is 36.4 Å². The van der Waals surface area contributed by atoms with Crippen molar-refractivity contribution in [1.82, 2.24) is 0 Å². The Kier molecular flexibility index (Phi) is 16.8. The van der Waals surface area contributed by atoms with Gasteiger partial charge in [-0.2, -0.15) is 0 Å². The largest absolute Gasteiger partial charge is 0.508 e. The minimum Gasteiger partial charge on any atom is -0.508 e. The number of methoxy groups -OCH3 is 2. The molecule has 0 atom stereocenters. The standard InChI is InChI=1S/C11H16O4.C10H14O3.C9H12O2/c1-15-10-6-8(3-2-4-12)5-9(7-13)11(10)14;1-13-10-7-8(3-2-6-11)4-5-9(10)12;10-7-1-2-8-3-5-9(11)6-4-8/h5-6,12-14H,2-4,7H2,1H3;4-5,7,11-12H,2-3,6H2,1H3;3-6,10-11H,1-2,7H2. The maximum atomic E-state index is 9.60. The van der Waals surface area contributed by atoms with Gasteiger partial charge in [-0.3, -0.25) is 0 Å². The fraction of sp³-hybridized carbons (Fsp3) is 0.400. The van der Waals surface area contributed by atoms with E-state index in [9.17, 15) is 10.2 Å². The second-order valence-corrected chi connectivity index (χ2v) is 8.62. The van der Waals surface area contributed by atoms with Crippen LogP contribution in [-0.4, -0.2) is 69.8 Å². The van der Waals surface area contributed by atoms with E-state index in [0.29, 0.717) is 29.9 Å². The smallest absolute Gasteiger partial charge is 0.163 e. The second-order valence-electron chi connectivity index (χ2n) is 8.62. The highest BCUT2D eigenvalue weighted by Gasteiger charge is 2.09. The van der Waals surface area contributed by atoms with Gasteiger partial charge in [0.25, 0.3) is 0 Å². The van der Waals surface area contributed by atoms with Gasteiger partial charge in [0.05, 0.1) is 20.8 Å². The summed E-state index contributed by atoms with van der Waals surface area (Å²) in [6, 6.07) is 15.7. The topological polar surface area (TPSA) is 160 Å². The molecular formula is C30H42O9. The number of aliphatic hydroxyl groups excluding tert-OH is 4. The number of phenolic OH excluding ortho intramolecular Hbond substituents is 2. The first kappa shape index (κ1) is 33.5. The first-order chi connectivity index (χ1) is 18.8. The summed E-state index contributed by atoms with van der Waals surface area (Å²) in [5, 5.41) is 62.7. The molecule has 0 unspecified atom stereocenters. The minimum absolute atomic E-state index is 0.0206. The van der Waals surface area contributed by atoms with Crippen molar-refractivity contribution in [3.05, 3.63) is 76.9 Å². The molecule has 0 aliphatic rings. The first-order valence-electron chi connectivity index (χ1n) is 12.8. The summed E-state index contributed by atoms with van der Waals surface area (Å²) in [6.45, 7) is 0.302. The maximum Gasteiger partial charge on any atom is 0.163 e. The van der Waals surface area contributed by atoms with Crippen LogP contribution in [0.3, 0.4) is 0 Å². The van der Waals surface area contributed by atoms with Crippen LogP contribution in [0.2, 0.25) is 0 Å². The van der Waals surface area contributed by atoms with Crippen molar-refractivity contribution in [1.29, 1.82) is 0 Å². The molecular weight excluding hydrogens is 504 g/mol. The first-order valence-corrected chi connectivity index (χ1v) is 12.8. The van der Waals surface area contributed by atoms with Crippen LogP contribution in [0, 0.1) is 0 Å². The summed E-state index contributed by atoms with van der Waals surface area (Å²) >= 11 is 0. The zero-order chi connectivity index (χ0) is 29.0. The molecule has 3 aromatic rings. The highest BCUT2D eigenvalue weighted by Crippen LogP contribution is 2.32. The van der Waals surface area contributed by atoms with Crippen molar-refractivity contribution in [2.45, 2.75) is 45.1 Å². The summed E-state index contributed by atoms with van der Waals surface area (Å²) in [4.78, 5) is 0. The van der Waals surface area contributed by atoms with E-state index >= 15 is 0 Å². The van der Waals surface area contributed by atoms with E-state index < -0.39 is 0 Å². The third kappa shape index (κ3) is 12.7. The van der Waals surface area contributed by atoms with Gasteiger partial charge in [-0.15, -0.1) is 0 Å². The normalized spacial score (nSPS) is 10.1. The van der Waals surface area contributed by atoms with Crippen LogP contribution in [0.15, 0.2) is 54.6 Å². The molecule has 0 aliphatic heterocycles. The number of benzene rings is 3. The summed E-state index contributed by atoms with van der Waals surface area (Å²) < 4.78 is 9.94. The van der Waals surface area contributed by atoms with Gasteiger partial charge in [0.15, 0.2) is 23.0 Å². The van der Waals surface area contributed by atoms with E-state index in [4.69, 9.17) is 35.0 Å². The molecule has 0 spiro atoms. The van der Waals surface area contributed by atoms with Crippen molar-refractivity contribution in [2.24, 2.45) is 0 Å². The third-order valence-electron chi connectivity index (χ3n) is 5.66. The van der Waals surface area contributed by atoms with Crippen LogP contribution in [0.4, 0.5) is 0 Å². The van der Waals surface area contributed by atoms with Crippen molar-refractivity contribution >= 4 is 0 Å². The zero-order valence-corrected chi connectivity index (χ0v) is 22.7. The highest BCUT2D eigenvalue weighted by molar-refractivity contribution is 5.48. The van der Waals surface area contributed by atoms with Crippen molar-refractivity contribution in [2.75, 3.05) is 34.0 Å². The minimum atomic E-state index is -0.227. The summed E-state index contributed by atoms with van der Waals surface area (Å²) in [6.07, 6.45) is 4.53. The summed E-state index contributed by atoms with van der Waals surface area (Å²) in [7, 11) is 2.98. The number of rotatable bonds is 12. The van der Waals surface area contributed by atoms with E-state index in [1.807, 2.05) is 18.2 Å². The Hall–Kier alpha value is -3.50. The fourth-order valence-electron chi connectivity index (χ4n) is 3.54. The Morgan fingerprint density at radius 1 is 0.564 bits per heavy atom. The van der Waals surface area contributed by atoms with E-state index in [-0.39, 0.29) is 43.7 Å². The van der Waals surface area contributed by atoms with Gasteiger partial charge in [-0.25, -0.2) is 0 Å². The molecule has 3 aromatic carbocycles. The lowest BCUT2D eigenvalue weighted by molar-refractivity contribution is 0.272. The number of ether oxygens (including phenoxy) is 2. The monoisotopic (exact) mass is 546 g/mol. The molecule has 0 aromatic heterocycles. The number of hydrogen-bond donors (Lipinski definition) is 7. The Balaban J connectivity index is 0.000000296. The average molecular weight is 547 g/mol. The van der Waals surface area contributed by atoms with Gasteiger partial charge in [0.1, 0.15) is 5.75 Å². The lowest BCUT2D eigenvalue weighted by Gasteiger charge is -2.10. The number of aliphatic hydroxyl groups is 4. The predicted octanol–water partition coefficient (Wildman–Crippen LogP) is 3.46. The molecule has 0 amide bonds. The molecule has 0 saturated carbocycles. The van der Waals surface area contributed by atoms with Gasteiger partial charge >= 0.3 is 0 Å². The zero-order valence-electron chi connectivity index (χ0n) is 22.7. The van der Waals surface area contributed by atoms with E-state index in [2.05, 4.69) is 0 Å². The molecule has 3 rings (SSSR count). The van der Waals surface area contributed by atoms with Crippen LogP contribution >= 0.6 is 0 Å². The van der Waals surface area contributed by atoms with Crippen LogP contribution in [0.1, 0.15) is 41.5 Å². The summed E-state index contributed by atoms with van der Waals surface area (Å²) in [5.74, 6) is 1.26. The Bertz CT molecular complexity index is 1040. The quantitative estimate of drug-likeness (QED) is 0.180. The van der Waals surface area contributed by atoms with Gasteiger partial charge in [-0.1, -0.05) is 18.2 Å². The summed E-state index contributed by atoms with van der Waals surface area (Å²) in [5.41, 5.74) is 3.59. The molecule has 7 N–H and O–H groups in total. The number of phenols is 3. The van der Waals surface area contributed by atoms with Crippen molar-refractivity contribution < 1.29 is 45.2 Å². The van der Waals surface area contributed by atoms with Gasteiger partial charge < -0.3 is 45.2 Å². The Labute approximate surface area is 230 Å². The third-order valence-corrected chi connectivity index (χ3v) is 5.66. The molecule has 0 aliphatic carbocycles. The lowest BCUT2D eigenvalue weighted by atomic mass is 10.1. The molecule has 0 saturated heterocycles. The SMILES string of the molecule is COc1cc(CCCO)cc(CO)c1O.COc1cc(CCCO)ccc1O.OCCCc1ccc(O)cc1. The second kappa shape index (κ2) is 19.6. The Morgan fingerprint density at radius 2 is 1.05 bits per heavy atom. The van der Waals surface area contributed by atoms with Crippen molar-refractivity contribution in [3.8, 4) is 28.7 Å². The van der Waals surface area contributed by atoms with Crippen LogP contribution in [0.5, 0.6) is 28.7 Å². The maximum absolute atomic E-state index is 9.60. The molecule has 0 bridgehead atoms. The molecule has 216 valence electrons. The van der Waals surface area contributed by atoms with Gasteiger partial charge in [0, 0.05) is 25.4 Å². The predicted molar refractivity (Wildman–Crippen MR) is 150 cm³/mol. The van der Waals surface area contributed by atoms with Crippen LogP contribution in [-0.2, 0) is 25.9 Å².